The summed E-state index contributed by atoms with van der Waals surface area (Å²) in [5.41, 5.74) is 2.09. The van der Waals surface area contributed by atoms with Gasteiger partial charge in [-0.25, -0.2) is 13.1 Å². The molecule has 9 heteroatoms. The molecule has 0 radical (unpaired) electrons. The Morgan fingerprint density at radius 1 is 0.909 bits per heavy atom. The molecule has 174 valence electrons. The number of benzene rings is 2. The summed E-state index contributed by atoms with van der Waals surface area (Å²) in [6.07, 6.45) is 0.512. The van der Waals surface area contributed by atoms with Gasteiger partial charge >= 0.3 is 5.97 Å². The van der Waals surface area contributed by atoms with E-state index in [2.05, 4.69) is 4.72 Å². The van der Waals surface area contributed by atoms with Gasteiger partial charge in [-0.2, -0.15) is 0 Å². The molecule has 7 nitrogen and oxygen atoms in total. The van der Waals surface area contributed by atoms with Gasteiger partial charge in [-0.05, 0) is 29.0 Å². The molecule has 0 aliphatic rings. The first-order valence-corrected chi connectivity index (χ1v) is 12.8. The third-order valence-corrected chi connectivity index (χ3v) is 7.68. The van der Waals surface area contributed by atoms with Gasteiger partial charge in [-0.1, -0.05) is 66.7 Å². The highest BCUT2D eigenvalue weighted by Gasteiger charge is 2.18. The molecule has 0 atom stereocenters. The van der Waals surface area contributed by atoms with E-state index in [9.17, 15) is 18.0 Å². The van der Waals surface area contributed by atoms with E-state index in [0.29, 0.717) is 19.5 Å². The lowest BCUT2D eigenvalue weighted by Crippen LogP contribution is -2.36. The highest BCUT2D eigenvalue weighted by Crippen LogP contribution is 2.15. The third-order valence-electron chi connectivity index (χ3n) is 4.82. The van der Waals surface area contributed by atoms with E-state index in [0.717, 1.165) is 22.5 Å². The van der Waals surface area contributed by atoms with Crippen molar-refractivity contribution in [3.8, 4) is 0 Å². The maximum Gasteiger partial charge on any atom is 0.307 e. The van der Waals surface area contributed by atoms with Crippen LogP contribution in [-0.4, -0.2) is 44.9 Å². The van der Waals surface area contributed by atoms with Crippen LogP contribution < -0.4 is 4.72 Å². The Balaban J connectivity index is 1.49. The number of nitrogens with one attached hydrogen (secondary N) is 1. The van der Waals surface area contributed by atoms with Crippen LogP contribution in [0.4, 0.5) is 0 Å². The number of rotatable bonds is 12. The van der Waals surface area contributed by atoms with E-state index in [-0.39, 0.29) is 23.1 Å². The number of nitrogens with zero attached hydrogens (tertiary/aromatic N) is 1. The second kappa shape index (κ2) is 12.3. The Hall–Kier alpha value is -3.01. The largest absolute Gasteiger partial charge is 0.456 e. The summed E-state index contributed by atoms with van der Waals surface area (Å²) >= 11 is 1.09. The SMILES string of the molecule is O=C(CCNS(=O)(=O)c1cccs1)OCC(=O)N(CCc1ccccc1)Cc1ccccc1. The Kier molecular flexibility index (Phi) is 9.17. The second-order valence-electron chi connectivity index (χ2n) is 7.28. The van der Waals surface area contributed by atoms with Gasteiger partial charge in [0, 0.05) is 19.6 Å². The Morgan fingerprint density at radius 3 is 2.21 bits per heavy atom. The molecule has 0 fully saturated rings. The molecular weight excluding hydrogens is 460 g/mol. The van der Waals surface area contributed by atoms with Crippen molar-refractivity contribution in [3.05, 3.63) is 89.3 Å². The lowest BCUT2D eigenvalue weighted by atomic mass is 10.1. The molecule has 0 aliphatic carbocycles. The van der Waals surface area contributed by atoms with Crippen molar-refractivity contribution in [2.75, 3.05) is 19.7 Å². The van der Waals surface area contributed by atoms with Crippen molar-refractivity contribution < 1.29 is 22.7 Å². The van der Waals surface area contributed by atoms with Gasteiger partial charge in [0.15, 0.2) is 6.61 Å². The minimum Gasteiger partial charge on any atom is -0.456 e. The summed E-state index contributed by atoms with van der Waals surface area (Å²) in [6, 6.07) is 22.6. The maximum absolute atomic E-state index is 12.8. The molecular formula is C24H26N2O5S2. The molecule has 0 unspecified atom stereocenters. The van der Waals surface area contributed by atoms with E-state index < -0.39 is 22.6 Å². The van der Waals surface area contributed by atoms with Gasteiger partial charge in [-0.15, -0.1) is 11.3 Å². The van der Waals surface area contributed by atoms with Crippen molar-refractivity contribution in [1.29, 1.82) is 0 Å². The molecule has 0 saturated carbocycles. The molecule has 0 saturated heterocycles. The first kappa shape index (κ1) is 24.6. The highest BCUT2D eigenvalue weighted by atomic mass is 32.2. The van der Waals surface area contributed by atoms with E-state index in [4.69, 9.17) is 4.74 Å². The Labute approximate surface area is 198 Å². The van der Waals surface area contributed by atoms with Gasteiger partial charge in [-0.3, -0.25) is 9.59 Å². The van der Waals surface area contributed by atoms with E-state index in [1.807, 2.05) is 60.7 Å². The summed E-state index contributed by atoms with van der Waals surface area (Å²) in [4.78, 5) is 26.5. The fourth-order valence-corrected chi connectivity index (χ4v) is 5.15. The first-order valence-electron chi connectivity index (χ1n) is 10.5. The highest BCUT2D eigenvalue weighted by molar-refractivity contribution is 7.91. The molecule has 0 bridgehead atoms. The molecule has 1 amide bonds. The Bertz CT molecular complexity index is 1120. The van der Waals surface area contributed by atoms with Crippen molar-refractivity contribution in [3.63, 3.8) is 0 Å². The molecule has 2 aromatic carbocycles. The summed E-state index contributed by atoms with van der Waals surface area (Å²) in [5.74, 6) is -0.942. The van der Waals surface area contributed by atoms with Crippen molar-refractivity contribution in [2.24, 2.45) is 0 Å². The van der Waals surface area contributed by atoms with Gasteiger partial charge in [0.25, 0.3) is 5.91 Å². The molecule has 33 heavy (non-hydrogen) atoms. The number of hydrogen-bond donors (Lipinski definition) is 1. The van der Waals surface area contributed by atoms with E-state index in [1.165, 1.54) is 6.07 Å². The van der Waals surface area contributed by atoms with E-state index >= 15 is 0 Å². The number of amides is 1. The molecule has 1 heterocycles. The van der Waals surface area contributed by atoms with Crippen LogP contribution >= 0.6 is 11.3 Å². The minimum absolute atomic E-state index is 0.102. The number of carbonyl (C=O) groups is 2. The smallest absolute Gasteiger partial charge is 0.307 e. The number of ether oxygens (including phenoxy) is 1. The summed E-state index contributed by atoms with van der Waals surface area (Å²) in [5, 5.41) is 1.66. The number of esters is 1. The lowest BCUT2D eigenvalue weighted by Gasteiger charge is -2.23. The summed E-state index contributed by atoms with van der Waals surface area (Å²) in [7, 11) is -3.64. The van der Waals surface area contributed by atoms with Crippen LogP contribution in [0.3, 0.4) is 0 Å². The van der Waals surface area contributed by atoms with Gasteiger partial charge in [0.2, 0.25) is 10.0 Å². The van der Waals surface area contributed by atoms with Gasteiger partial charge in [0.05, 0.1) is 6.42 Å². The van der Waals surface area contributed by atoms with Crippen molar-refractivity contribution in [1.82, 2.24) is 9.62 Å². The van der Waals surface area contributed by atoms with Crippen LogP contribution in [0.1, 0.15) is 17.5 Å². The first-order chi connectivity index (χ1) is 15.9. The zero-order valence-corrected chi connectivity index (χ0v) is 19.7. The Morgan fingerprint density at radius 2 is 1.58 bits per heavy atom. The molecule has 0 aliphatic heterocycles. The minimum atomic E-state index is -3.64. The topological polar surface area (TPSA) is 92.8 Å². The summed E-state index contributed by atoms with van der Waals surface area (Å²) < 4.78 is 31.8. The fraction of sp³-hybridized carbons (Fsp3) is 0.250. The standard InChI is InChI=1S/C24H26N2O5S2/c27-22(19-31-23(28)13-15-25-33(29,30)24-12-7-17-32-24)26(18-21-10-5-2-6-11-21)16-14-20-8-3-1-4-9-20/h1-12,17,25H,13-16,18-19H2. The predicted molar refractivity (Wildman–Crippen MR) is 127 cm³/mol. The van der Waals surface area contributed by atoms with Crippen LogP contribution in [0.5, 0.6) is 0 Å². The van der Waals surface area contributed by atoms with Crippen LogP contribution in [0.2, 0.25) is 0 Å². The third kappa shape index (κ3) is 8.12. The zero-order valence-electron chi connectivity index (χ0n) is 18.1. The quantitative estimate of drug-likeness (QED) is 0.397. The van der Waals surface area contributed by atoms with Gasteiger partial charge < -0.3 is 9.64 Å². The maximum atomic E-state index is 12.8. The monoisotopic (exact) mass is 486 g/mol. The average Bonchev–Trinajstić information content (AvgIpc) is 3.38. The lowest BCUT2D eigenvalue weighted by molar-refractivity contribution is -0.152. The second-order valence-corrected chi connectivity index (χ2v) is 10.2. The number of carbonyl (C=O) groups excluding carboxylic acids is 2. The fourth-order valence-electron chi connectivity index (χ4n) is 3.09. The number of hydrogen-bond acceptors (Lipinski definition) is 6. The summed E-state index contributed by atoms with van der Waals surface area (Å²) in [6.45, 7) is 0.397. The molecule has 1 N–H and O–H groups in total. The number of thiophene rings is 1. The van der Waals surface area contributed by atoms with Crippen LogP contribution in [0.25, 0.3) is 0 Å². The average molecular weight is 487 g/mol. The molecule has 3 rings (SSSR count). The van der Waals surface area contributed by atoms with Crippen LogP contribution in [-0.2, 0) is 37.3 Å². The molecule has 3 aromatic rings. The van der Waals surface area contributed by atoms with Crippen LogP contribution in [0.15, 0.2) is 82.4 Å². The van der Waals surface area contributed by atoms with Crippen LogP contribution in [0, 0.1) is 0 Å². The van der Waals surface area contributed by atoms with Crippen molar-refractivity contribution in [2.45, 2.75) is 23.6 Å². The van der Waals surface area contributed by atoms with E-state index in [1.54, 1.807) is 16.3 Å². The normalized spacial score (nSPS) is 11.2. The molecule has 1 aromatic heterocycles. The van der Waals surface area contributed by atoms with Crippen molar-refractivity contribution >= 4 is 33.2 Å². The number of sulfonamides is 1. The van der Waals surface area contributed by atoms with Gasteiger partial charge in [0.1, 0.15) is 4.21 Å². The predicted octanol–water partition coefficient (Wildman–Crippen LogP) is 3.23. The zero-order chi connectivity index (χ0) is 23.5. The molecule has 0 spiro atoms.